The van der Waals surface area contributed by atoms with E-state index in [1.54, 1.807) is 13.2 Å². The number of nitrogens with two attached hydrogens (primary N) is 1. The van der Waals surface area contributed by atoms with E-state index in [4.69, 9.17) is 26.8 Å². The third kappa shape index (κ3) is 2.41. The molecule has 4 heteroatoms. The molecule has 1 aromatic carbocycles. The molecule has 1 saturated heterocycles. The van der Waals surface area contributed by atoms with Gasteiger partial charge < -0.3 is 15.2 Å². The van der Waals surface area contributed by atoms with E-state index < -0.39 is 0 Å². The number of methoxy groups -OCH3 is 1. The van der Waals surface area contributed by atoms with Crippen LogP contribution < -0.4 is 10.5 Å². The zero-order valence-electron chi connectivity index (χ0n) is 10.2. The summed E-state index contributed by atoms with van der Waals surface area (Å²) in [5, 5.41) is 0.633. The molecule has 2 rings (SSSR count). The van der Waals surface area contributed by atoms with Crippen molar-refractivity contribution < 1.29 is 9.47 Å². The van der Waals surface area contributed by atoms with Crippen LogP contribution in [0.15, 0.2) is 18.2 Å². The van der Waals surface area contributed by atoms with Gasteiger partial charge in [-0.1, -0.05) is 17.7 Å². The minimum Gasteiger partial charge on any atom is -0.497 e. The number of hydrogen-bond donors (Lipinski definition) is 1. The highest BCUT2D eigenvalue weighted by Crippen LogP contribution is 2.38. The highest BCUT2D eigenvalue weighted by atomic mass is 35.5. The number of ether oxygens (including phenoxy) is 2. The van der Waals surface area contributed by atoms with E-state index in [2.05, 4.69) is 0 Å². The molecule has 0 aromatic heterocycles. The molecule has 0 saturated carbocycles. The van der Waals surface area contributed by atoms with Crippen LogP contribution >= 0.6 is 11.6 Å². The second-order valence-electron chi connectivity index (χ2n) is 4.63. The van der Waals surface area contributed by atoms with Crippen LogP contribution in [0.2, 0.25) is 5.02 Å². The van der Waals surface area contributed by atoms with Crippen molar-refractivity contribution in [1.82, 2.24) is 0 Å². The molecule has 1 aromatic rings. The van der Waals surface area contributed by atoms with E-state index in [-0.39, 0.29) is 11.6 Å². The molecule has 1 aliphatic rings. The van der Waals surface area contributed by atoms with Crippen LogP contribution in [-0.4, -0.2) is 19.3 Å². The molecule has 0 spiro atoms. The minimum atomic E-state index is -0.307. The van der Waals surface area contributed by atoms with Crippen molar-refractivity contribution in [1.29, 1.82) is 0 Å². The van der Waals surface area contributed by atoms with Gasteiger partial charge >= 0.3 is 0 Å². The Hall–Kier alpha value is -0.770. The van der Waals surface area contributed by atoms with Gasteiger partial charge in [0.15, 0.2) is 0 Å². The van der Waals surface area contributed by atoms with Gasteiger partial charge in [-0.05, 0) is 37.5 Å². The maximum absolute atomic E-state index is 6.28. The molecule has 0 amide bonds. The Labute approximate surface area is 107 Å². The molecule has 0 aliphatic carbocycles. The summed E-state index contributed by atoms with van der Waals surface area (Å²) in [6, 6.07) is 5.37. The number of halogens is 1. The quantitative estimate of drug-likeness (QED) is 0.903. The van der Waals surface area contributed by atoms with Crippen LogP contribution in [0, 0.1) is 0 Å². The van der Waals surface area contributed by atoms with Crippen molar-refractivity contribution in [3.63, 3.8) is 0 Å². The van der Waals surface area contributed by atoms with Crippen LogP contribution in [0.25, 0.3) is 0 Å². The van der Waals surface area contributed by atoms with E-state index in [1.165, 1.54) is 0 Å². The van der Waals surface area contributed by atoms with E-state index in [1.807, 2.05) is 19.1 Å². The van der Waals surface area contributed by atoms with E-state index >= 15 is 0 Å². The van der Waals surface area contributed by atoms with Gasteiger partial charge in [-0.25, -0.2) is 0 Å². The first-order valence-electron chi connectivity index (χ1n) is 5.80. The molecule has 94 valence electrons. The molecule has 17 heavy (non-hydrogen) atoms. The summed E-state index contributed by atoms with van der Waals surface area (Å²) in [6.45, 7) is 2.82. The van der Waals surface area contributed by atoms with Crippen LogP contribution in [0.1, 0.15) is 31.4 Å². The molecule has 2 N–H and O–H groups in total. The van der Waals surface area contributed by atoms with Gasteiger partial charge in [-0.2, -0.15) is 0 Å². The summed E-state index contributed by atoms with van der Waals surface area (Å²) < 4.78 is 10.9. The molecule has 2 unspecified atom stereocenters. The highest BCUT2D eigenvalue weighted by molar-refractivity contribution is 6.31. The predicted molar refractivity (Wildman–Crippen MR) is 68.5 cm³/mol. The molecular formula is C13H18ClNO2. The molecular weight excluding hydrogens is 238 g/mol. The van der Waals surface area contributed by atoms with Crippen LogP contribution in [0.4, 0.5) is 0 Å². The van der Waals surface area contributed by atoms with Crippen LogP contribution in [-0.2, 0) is 4.74 Å². The molecule has 0 bridgehead atoms. The summed E-state index contributed by atoms with van der Waals surface area (Å²) in [6.07, 6.45) is 2.02. The van der Waals surface area contributed by atoms with E-state index in [0.29, 0.717) is 5.02 Å². The van der Waals surface area contributed by atoms with Gasteiger partial charge in [-0.15, -0.1) is 0 Å². The van der Waals surface area contributed by atoms with Crippen molar-refractivity contribution in [2.45, 2.75) is 31.4 Å². The molecule has 1 fully saturated rings. The summed E-state index contributed by atoms with van der Waals surface area (Å²) in [5.41, 5.74) is 6.88. The summed E-state index contributed by atoms with van der Waals surface area (Å²) in [4.78, 5) is 0. The number of hydrogen-bond acceptors (Lipinski definition) is 3. The average Bonchev–Trinajstić information content (AvgIpc) is 2.76. The molecule has 0 radical (unpaired) electrons. The Bertz CT molecular complexity index is 402. The fourth-order valence-corrected chi connectivity index (χ4v) is 2.55. The molecule has 3 nitrogen and oxygen atoms in total. The first kappa shape index (κ1) is 12.7. The van der Waals surface area contributed by atoms with Gasteiger partial charge in [0.2, 0.25) is 0 Å². The Morgan fingerprint density at radius 2 is 2.29 bits per heavy atom. The monoisotopic (exact) mass is 255 g/mol. The lowest BCUT2D eigenvalue weighted by Crippen LogP contribution is -2.37. The Balaban J connectivity index is 2.27. The standard InChI is InChI=1S/C13H18ClNO2/c1-13(6-3-7-17-13)12(15)10-5-4-9(16-2)8-11(10)14/h4-5,8,12H,3,6-7,15H2,1-2H3. The second kappa shape index (κ2) is 4.84. The fraction of sp³-hybridized carbons (Fsp3) is 0.538. The van der Waals surface area contributed by atoms with Crippen LogP contribution in [0.3, 0.4) is 0 Å². The Morgan fingerprint density at radius 1 is 1.53 bits per heavy atom. The zero-order valence-corrected chi connectivity index (χ0v) is 11.0. The van der Waals surface area contributed by atoms with E-state index in [9.17, 15) is 0 Å². The van der Waals surface area contributed by atoms with E-state index in [0.717, 1.165) is 30.8 Å². The lowest BCUT2D eigenvalue weighted by Gasteiger charge is -2.31. The Kier molecular flexibility index (Phi) is 3.61. The predicted octanol–water partition coefficient (Wildman–Crippen LogP) is 2.92. The zero-order chi connectivity index (χ0) is 12.5. The van der Waals surface area contributed by atoms with Gasteiger partial charge in [0.05, 0.1) is 18.8 Å². The lowest BCUT2D eigenvalue weighted by atomic mass is 9.88. The largest absolute Gasteiger partial charge is 0.497 e. The Morgan fingerprint density at radius 3 is 2.82 bits per heavy atom. The maximum atomic E-state index is 6.28. The SMILES string of the molecule is COc1ccc(C(N)C2(C)CCCO2)c(Cl)c1. The van der Waals surface area contributed by atoms with Gasteiger partial charge in [0, 0.05) is 11.6 Å². The summed E-state index contributed by atoms with van der Waals surface area (Å²) >= 11 is 6.23. The molecule has 1 heterocycles. The number of rotatable bonds is 3. The van der Waals surface area contributed by atoms with Gasteiger partial charge in [0.1, 0.15) is 5.75 Å². The lowest BCUT2D eigenvalue weighted by molar-refractivity contribution is -0.00172. The minimum absolute atomic E-state index is 0.205. The summed E-state index contributed by atoms with van der Waals surface area (Å²) in [5.74, 6) is 0.739. The summed E-state index contributed by atoms with van der Waals surface area (Å²) in [7, 11) is 1.62. The van der Waals surface area contributed by atoms with Crippen molar-refractivity contribution in [2.75, 3.05) is 13.7 Å². The van der Waals surface area contributed by atoms with Gasteiger partial charge in [-0.3, -0.25) is 0 Å². The first-order valence-corrected chi connectivity index (χ1v) is 6.17. The topological polar surface area (TPSA) is 44.5 Å². The van der Waals surface area contributed by atoms with Crippen LogP contribution in [0.5, 0.6) is 5.75 Å². The second-order valence-corrected chi connectivity index (χ2v) is 5.04. The smallest absolute Gasteiger partial charge is 0.120 e. The first-order chi connectivity index (χ1) is 8.07. The van der Waals surface area contributed by atoms with Gasteiger partial charge in [0.25, 0.3) is 0 Å². The molecule has 2 atom stereocenters. The number of benzene rings is 1. The van der Waals surface area contributed by atoms with Crippen molar-refractivity contribution >= 4 is 11.6 Å². The van der Waals surface area contributed by atoms with Crippen molar-refractivity contribution in [3.05, 3.63) is 28.8 Å². The van der Waals surface area contributed by atoms with Crippen molar-refractivity contribution in [2.24, 2.45) is 5.73 Å². The normalized spacial score (nSPS) is 25.9. The maximum Gasteiger partial charge on any atom is 0.120 e. The molecule has 1 aliphatic heterocycles. The third-order valence-electron chi connectivity index (χ3n) is 3.45. The average molecular weight is 256 g/mol. The third-order valence-corrected chi connectivity index (χ3v) is 3.78. The fourth-order valence-electron chi connectivity index (χ4n) is 2.26. The highest BCUT2D eigenvalue weighted by Gasteiger charge is 2.37. The van der Waals surface area contributed by atoms with Crippen molar-refractivity contribution in [3.8, 4) is 5.75 Å².